The van der Waals surface area contributed by atoms with Gasteiger partial charge in [0.25, 0.3) is 0 Å². The molecule has 2 aromatic carbocycles. The molecule has 8 heteroatoms. The summed E-state index contributed by atoms with van der Waals surface area (Å²) in [5.41, 5.74) is 4.80. The van der Waals surface area contributed by atoms with Gasteiger partial charge in [-0.1, -0.05) is 55.4 Å². The molecule has 0 aliphatic rings. The summed E-state index contributed by atoms with van der Waals surface area (Å²) in [6.45, 7) is 33.4. The van der Waals surface area contributed by atoms with Crippen LogP contribution in [0, 0.1) is 66.3 Å². The van der Waals surface area contributed by atoms with Crippen molar-refractivity contribution in [3.05, 3.63) is 60.1 Å². The molecule has 319 valence electrons. The van der Waals surface area contributed by atoms with Gasteiger partial charge in [0.05, 0.1) is 5.76 Å². The first kappa shape index (κ1) is 51.5. The third-order valence-electron chi connectivity index (χ3n) is 11.3. The van der Waals surface area contributed by atoms with E-state index in [1.807, 2.05) is 11.3 Å². The van der Waals surface area contributed by atoms with E-state index in [0.717, 1.165) is 11.3 Å². The van der Waals surface area contributed by atoms with Crippen LogP contribution in [0.2, 0.25) is 35.4 Å². The van der Waals surface area contributed by atoms with Crippen molar-refractivity contribution in [2.24, 2.45) is 53.3 Å². The number of carbonyl (C=O) groups excluding carboxylic acids is 1. The molecular formula is C49H77GeIrN2O2SSi-. The molecule has 57 heavy (non-hydrogen) atoms. The van der Waals surface area contributed by atoms with Crippen molar-refractivity contribution in [1.29, 1.82) is 0 Å². The monoisotopic (exact) mass is 1050 g/mol. The fourth-order valence-corrected chi connectivity index (χ4v) is 22.8. The number of hydrogen-bond acceptors (Lipinski definition) is 5. The van der Waals surface area contributed by atoms with Crippen LogP contribution in [-0.4, -0.2) is 42.2 Å². The number of rotatable bonds is 16. The summed E-state index contributed by atoms with van der Waals surface area (Å²) in [4.78, 5) is 22.2. The molecule has 1 radical (unpaired) electrons. The zero-order valence-corrected chi connectivity index (χ0v) is 45.2. The van der Waals surface area contributed by atoms with Gasteiger partial charge < -0.3 is 5.11 Å². The van der Waals surface area contributed by atoms with Gasteiger partial charge in [-0.3, -0.25) is 4.79 Å². The summed E-state index contributed by atoms with van der Waals surface area (Å²) >= 11 is -0.105. The Balaban J connectivity index is 0.000000478. The summed E-state index contributed by atoms with van der Waals surface area (Å²) in [5.74, 6) is 11.2. The van der Waals surface area contributed by atoms with Crippen LogP contribution < -0.4 is 8.90 Å². The van der Waals surface area contributed by atoms with Gasteiger partial charge in [-0.25, -0.2) is 0 Å². The molecule has 0 bridgehead atoms. The molecule has 4 rings (SSSR count). The zero-order valence-electron chi connectivity index (χ0n) is 38.9. The number of aliphatic hydroxyl groups excluding tert-OH is 1. The first-order valence-electron chi connectivity index (χ1n) is 21.6. The fourth-order valence-electron chi connectivity index (χ4n) is 9.79. The van der Waals surface area contributed by atoms with Gasteiger partial charge in [-0.2, -0.15) is 0 Å². The minimum atomic E-state index is -2.13. The van der Waals surface area contributed by atoms with Crippen LogP contribution in [0.25, 0.3) is 32.2 Å². The molecule has 0 atom stereocenters. The van der Waals surface area contributed by atoms with Crippen LogP contribution in [0.5, 0.6) is 0 Å². The fraction of sp³-hybridized carbons (Fsp3) is 0.612. The Hall–Kier alpha value is -1.64. The van der Waals surface area contributed by atoms with E-state index in [4.69, 9.17) is 9.97 Å². The number of benzene rings is 2. The van der Waals surface area contributed by atoms with Crippen LogP contribution in [0.15, 0.2) is 48.5 Å². The van der Waals surface area contributed by atoms with Crippen LogP contribution in [-0.2, 0) is 24.9 Å². The number of aryl methyl sites for hydroxylation is 1. The Morgan fingerprint density at radius 3 is 1.74 bits per heavy atom. The number of allylic oxidation sites excluding steroid dienone is 2. The molecule has 0 spiro atoms. The largest absolute Gasteiger partial charge is 0 e. The third kappa shape index (κ3) is 13.2. The topological polar surface area (TPSA) is 63.1 Å². The van der Waals surface area contributed by atoms with E-state index < -0.39 is 21.3 Å². The molecule has 2 aromatic heterocycles. The van der Waals surface area contributed by atoms with Crippen molar-refractivity contribution in [2.45, 2.75) is 139 Å². The molecular weight excluding hydrogens is 974 g/mol. The maximum Gasteiger partial charge on any atom is 0 e. The second-order valence-corrected chi connectivity index (χ2v) is 36.7. The number of nitrogens with zero attached hydrogens (tertiary/aromatic N) is 2. The van der Waals surface area contributed by atoms with Gasteiger partial charge in [0.15, 0.2) is 5.78 Å². The van der Waals surface area contributed by atoms with E-state index in [1.165, 1.54) is 55.2 Å². The number of carbonyl (C=O) groups is 1. The van der Waals surface area contributed by atoms with Crippen molar-refractivity contribution >= 4 is 68.3 Å². The summed E-state index contributed by atoms with van der Waals surface area (Å²) in [5, 5.41) is 12.8. The van der Waals surface area contributed by atoms with Gasteiger partial charge in [0.1, 0.15) is 0 Å². The molecule has 0 unspecified atom stereocenters. The maximum absolute atomic E-state index is 12.3. The number of aromatic nitrogens is 2. The third-order valence-corrected chi connectivity index (χ3v) is 24.4. The van der Waals surface area contributed by atoms with E-state index in [-0.39, 0.29) is 43.5 Å². The van der Waals surface area contributed by atoms with Crippen LogP contribution >= 0.6 is 11.3 Å². The SMILES string of the molecule is CC(C)C(C(=O)/C=C(\O)C(C(C)C)C(C)C)C(C)C.Cc1c([Si](CC(C)C)(CC(C)C)CC(C)C)sc2c(-c3[c-]c4ccccc4[c]([Ge]([CH3])([CH3])[CH3])c3)ncnc12.[Ir]. The quantitative estimate of drug-likeness (QED) is 0.0526. The summed E-state index contributed by atoms with van der Waals surface area (Å²) in [6, 6.07) is 19.0. The second-order valence-electron chi connectivity index (χ2n) is 20.4. The molecule has 0 saturated carbocycles. The van der Waals surface area contributed by atoms with Gasteiger partial charge in [0.2, 0.25) is 0 Å². The molecule has 0 aliphatic heterocycles. The van der Waals surface area contributed by atoms with Crippen molar-refractivity contribution in [1.82, 2.24) is 9.97 Å². The Morgan fingerprint density at radius 2 is 1.28 bits per heavy atom. The second kappa shape index (κ2) is 21.7. The van der Waals surface area contributed by atoms with E-state index in [0.29, 0.717) is 41.4 Å². The standard InChI is InChI=1S/C32H45GeN2SSi.C17H32O2.Ir/c1-21(2)17-37(18-22(3)4,19-23(5)6)32-24(7)29-31(36-32)30(35-20-34-29)26-15-25-13-11-12-14-27(25)28(16-26)33(8,9)10;1-10(2)16(11(3)4)14(18)9-15(19)17(12(5)6)13(7)8;/h11-14,16,20-23H,17-19H2,1-10H3;9-13,16-18H,1-8H3;/q-1;;/b;14-9-;. The van der Waals surface area contributed by atoms with Gasteiger partial charge in [-0.05, 0) is 23.7 Å². The van der Waals surface area contributed by atoms with E-state index in [2.05, 4.69) is 158 Å². The average Bonchev–Trinajstić information content (AvgIpc) is 3.39. The normalized spacial score (nSPS) is 13.1. The van der Waals surface area contributed by atoms with E-state index >= 15 is 0 Å². The Labute approximate surface area is 369 Å². The van der Waals surface area contributed by atoms with Crippen molar-refractivity contribution in [3.63, 3.8) is 0 Å². The Morgan fingerprint density at radius 1 is 0.789 bits per heavy atom. The summed E-state index contributed by atoms with van der Waals surface area (Å²) < 4.78 is 4.48. The number of fused-ring (bicyclic) bond motifs is 2. The zero-order chi connectivity index (χ0) is 42.4. The first-order chi connectivity index (χ1) is 25.9. The van der Waals surface area contributed by atoms with Crippen molar-refractivity contribution in [2.75, 3.05) is 0 Å². The van der Waals surface area contributed by atoms with Crippen LogP contribution in [0.3, 0.4) is 0 Å². The minimum absolute atomic E-state index is 0. The number of hydrogen-bond donors (Lipinski definition) is 1. The summed E-state index contributed by atoms with van der Waals surface area (Å²) in [7, 11) is -1.75. The average molecular weight is 1050 g/mol. The molecule has 2 heterocycles. The van der Waals surface area contributed by atoms with Crippen LogP contribution in [0.1, 0.15) is 102 Å². The maximum atomic E-state index is 12.3. The van der Waals surface area contributed by atoms with Crippen molar-refractivity contribution in [3.8, 4) is 11.3 Å². The Kier molecular flexibility index (Phi) is 19.6. The number of aliphatic hydroxyl groups is 1. The number of ketones is 1. The molecule has 0 fully saturated rings. The molecule has 1 N–H and O–H groups in total. The first-order valence-corrected chi connectivity index (χ1v) is 32.3. The van der Waals surface area contributed by atoms with Gasteiger partial charge in [-0.15, -0.1) is 0 Å². The molecule has 0 aliphatic carbocycles. The Bertz CT molecular complexity index is 1900. The minimum Gasteiger partial charge on any atom is 0 e. The molecule has 4 nitrogen and oxygen atoms in total. The van der Waals surface area contributed by atoms with Gasteiger partial charge in [0, 0.05) is 38.0 Å². The molecule has 0 saturated heterocycles. The van der Waals surface area contributed by atoms with E-state index in [9.17, 15) is 9.90 Å². The molecule has 0 amide bonds. The number of thiophene rings is 1. The van der Waals surface area contributed by atoms with Crippen LogP contribution in [0.4, 0.5) is 0 Å². The molecule has 4 aromatic rings. The van der Waals surface area contributed by atoms with Gasteiger partial charge >= 0.3 is 234 Å². The predicted octanol–water partition coefficient (Wildman–Crippen LogP) is 13.6. The smallest absolute Gasteiger partial charge is 0 e. The van der Waals surface area contributed by atoms with Crippen molar-refractivity contribution < 1.29 is 30.0 Å². The summed E-state index contributed by atoms with van der Waals surface area (Å²) in [6.07, 6.45) is 3.27. The van der Waals surface area contributed by atoms with E-state index in [1.54, 1.807) is 10.8 Å². The predicted molar refractivity (Wildman–Crippen MR) is 253 cm³/mol.